The fourth-order valence-electron chi connectivity index (χ4n) is 1.88. The first-order valence-electron chi connectivity index (χ1n) is 5.79. The highest BCUT2D eigenvalue weighted by Gasteiger charge is 2.25. The molecule has 2 rings (SSSR count). The normalized spacial score (nSPS) is 19.5. The molecule has 6 heteroatoms. The Morgan fingerprint density at radius 3 is 2.89 bits per heavy atom. The van der Waals surface area contributed by atoms with Crippen LogP contribution in [0.25, 0.3) is 0 Å². The van der Waals surface area contributed by atoms with Gasteiger partial charge in [-0.1, -0.05) is 0 Å². The molecule has 1 aliphatic heterocycles. The molecule has 0 aliphatic carbocycles. The lowest BCUT2D eigenvalue weighted by Crippen LogP contribution is -2.48. The Kier molecular flexibility index (Phi) is 5.59. The number of carbonyl (C=O) groups excluding carboxylic acids is 1. The van der Waals surface area contributed by atoms with Gasteiger partial charge in [0.25, 0.3) is 5.91 Å². The van der Waals surface area contributed by atoms with Crippen LogP contribution in [0.4, 0.5) is 0 Å². The summed E-state index contributed by atoms with van der Waals surface area (Å²) in [6.45, 7) is 6.38. The number of amides is 1. The summed E-state index contributed by atoms with van der Waals surface area (Å²) in [5, 5.41) is 0. The van der Waals surface area contributed by atoms with Crippen molar-refractivity contribution in [1.82, 2.24) is 4.90 Å². The highest BCUT2D eigenvalue weighted by molar-refractivity contribution is 7.14. The molecule has 0 bridgehead atoms. The number of morpholine rings is 1. The van der Waals surface area contributed by atoms with Gasteiger partial charge in [0, 0.05) is 24.5 Å². The van der Waals surface area contributed by atoms with Crippen LogP contribution >= 0.6 is 23.7 Å². The van der Waals surface area contributed by atoms with Crippen LogP contribution in [-0.4, -0.2) is 43.2 Å². The summed E-state index contributed by atoms with van der Waals surface area (Å²) in [6.07, 6.45) is -0.0187. The molecule has 2 heterocycles. The summed E-state index contributed by atoms with van der Waals surface area (Å²) in [5.41, 5.74) is 6.75. The number of hydrogen-bond donors (Lipinski definition) is 1. The summed E-state index contributed by atoms with van der Waals surface area (Å²) < 4.78 is 5.46. The van der Waals surface area contributed by atoms with Crippen molar-refractivity contribution in [2.75, 3.05) is 26.2 Å². The number of hydrogen-bond acceptors (Lipinski definition) is 4. The van der Waals surface area contributed by atoms with Crippen LogP contribution in [0.5, 0.6) is 0 Å². The Hall–Kier alpha value is -0.620. The van der Waals surface area contributed by atoms with Gasteiger partial charge in [-0.15, -0.1) is 23.7 Å². The molecular formula is C12H19ClN2O2S. The molecule has 102 valence electrons. The number of carbonyl (C=O) groups is 1. The minimum absolute atomic E-state index is 0. The van der Waals surface area contributed by atoms with Crippen LogP contribution in [-0.2, 0) is 4.74 Å². The molecule has 1 unspecified atom stereocenters. The molecule has 2 N–H and O–H groups in total. The number of ether oxygens (including phenoxy) is 1. The quantitative estimate of drug-likeness (QED) is 0.900. The number of rotatable bonds is 2. The molecule has 18 heavy (non-hydrogen) atoms. The van der Waals surface area contributed by atoms with Crippen molar-refractivity contribution in [3.8, 4) is 0 Å². The topological polar surface area (TPSA) is 55.6 Å². The van der Waals surface area contributed by atoms with Gasteiger partial charge in [-0.25, -0.2) is 0 Å². The van der Waals surface area contributed by atoms with Crippen LogP contribution in [0.3, 0.4) is 0 Å². The van der Waals surface area contributed by atoms with E-state index in [4.69, 9.17) is 10.5 Å². The molecule has 0 saturated carbocycles. The predicted octanol–water partition coefficient (Wildman–Crippen LogP) is 1.59. The van der Waals surface area contributed by atoms with Gasteiger partial charge in [-0.05, 0) is 25.5 Å². The number of halogens is 1. The van der Waals surface area contributed by atoms with E-state index < -0.39 is 0 Å². The van der Waals surface area contributed by atoms with Crippen molar-refractivity contribution in [3.05, 3.63) is 21.4 Å². The Morgan fingerprint density at radius 2 is 2.33 bits per heavy atom. The van der Waals surface area contributed by atoms with Crippen LogP contribution in [0, 0.1) is 13.8 Å². The average Bonchev–Trinajstić information content (AvgIpc) is 2.69. The molecule has 1 saturated heterocycles. The standard InChI is InChI=1S/C12H18N2O2S.ClH/c1-8-5-11(17-9(8)2)12(15)14-3-4-16-10(6-13)7-14;/h5,10H,3-4,6-7,13H2,1-2H3;1H. The lowest BCUT2D eigenvalue weighted by molar-refractivity contribution is -0.0165. The van der Waals surface area contributed by atoms with E-state index >= 15 is 0 Å². The largest absolute Gasteiger partial charge is 0.373 e. The average molecular weight is 291 g/mol. The summed E-state index contributed by atoms with van der Waals surface area (Å²) in [5.74, 6) is 0.105. The zero-order valence-corrected chi connectivity index (χ0v) is 12.3. The predicted molar refractivity (Wildman–Crippen MR) is 75.7 cm³/mol. The van der Waals surface area contributed by atoms with Crippen molar-refractivity contribution in [2.45, 2.75) is 20.0 Å². The molecule has 1 aliphatic rings. The van der Waals surface area contributed by atoms with E-state index in [1.807, 2.05) is 24.8 Å². The Balaban J connectivity index is 0.00000162. The Labute approximate surface area is 118 Å². The minimum Gasteiger partial charge on any atom is -0.373 e. The van der Waals surface area contributed by atoms with E-state index in [0.29, 0.717) is 26.2 Å². The summed E-state index contributed by atoms with van der Waals surface area (Å²) >= 11 is 1.56. The maximum Gasteiger partial charge on any atom is 0.264 e. The van der Waals surface area contributed by atoms with Crippen LogP contribution < -0.4 is 5.73 Å². The second-order valence-electron chi connectivity index (χ2n) is 4.33. The minimum atomic E-state index is -0.0187. The fourth-order valence-corrected chi connectivity index (χ4v) is 2.88. The van der Waals surface area contributed by atoms with E-state index in [9.17, 15) is 4.79 Å². The Morgan fingerprint density at radius 1 is 1.61 bits per heavy atom. The first-order valence-corrected chi connectivity index (χ1v) is 6.61. The SMILES string of the molecule is Cc1cc(C(=O)N2CCOC(CN)C2)sc1C.Cl. The van der Waals surface area contributed by atoms with Crippen molar-refractivity contribution < 1.29 is 9.53 Å². The fraction of sp³-hybridized carbons (Fsp3) is 0.583. The van der Waals surface area contributed by atoms with E-state index in [1.165, 1.54) is 10.4 Å². The molecule has 1 amide bonds. The van der Waals surface area contributed by atoms with Crippen LogP contribution in [0.1, 0.15) is 20.1 Å². The number of nitrogens with two attached hydrogens (primary N) is 1. The smallest absolute Gasteiger partial charge is 0.264 e. The van der Waals surface area contributed by atoms with Gasteiger partial charge in [0.1, 0.15) is 0 Å². The third-order valence-corrected chi connectivity index (χ3v) is 4.21. The number of aryl methyl sites for hydroxylation is 2. The lowest BCUT2D eigenvalue weighted by atomic mass is 10.2. The maximum absolute atomic E-state index is 12.3. The van der Waals surface area contributed by atoms with E-state index in [2.05, 4.69) is 0 Å². The first-order chi connectivity index (χ1) is 8.11. The molecule has 1 aromatic rings. The molecule has 0 spiro atoms. The molecule has 1 fully saturated rings. The lowest BCUT2D eigenvalue weighted by Gasteiger charge is -2.32. The van der Waals surface area contributed by atoms with Crippen LogP contribution in [0.2, 0.25) is 0 Å². The van der Waals surface area contributed by atoms with Crippen molar-refractivity contribution in [1.29, 1.82) is 0 Å². The monoisotopic (exact) mass is 290 g/mol. The summed E-state index contributed by atoms with van der Waals surface area (Å²) in [6, 6.07) is 1.97. The zero-order chi connectivity index (χ0) is 12.4. The van der Waals surface area contributed by atoms with E-state index in [1.54, 1.807) is 11.3 Å². The molecule has 1 atom stereocenters. The molecule has 0 aromatic carbocycles. The van der Waals surface area contributed by atoms with Gasteiger partial charge in [-0.3, -0.25) is 4.79 Å². The molecular weight excluding hydrogens is 272 g/mol. The Bertz CT molecular complexity index is 403. The van der Waals surface area contributed by atoms with E-state index in [0.717, 1.165) is 4.88 Å². The second kappa shape index (κ2) is 6.52. The van der Waals surface area contributed by atoms with Gasteiger partial charge < -0.3 is 15.4 Å². The van der Waals surface area contributed by atoms with Gasteiger partial charge in [0.05, 0.1) is 17.6 Å². The van der Waals surface area contributed by atoms with Crippen LogP contribution in [0.15, 0.2) is 6.07 Å². The third-order valence-electron chi connectivity index (χ3n) is 3.07. The second-order valence-corrected chi connectivity index (χ2v) is 5.59. The van der Waals surface area contributed by atoms with Crippen molar-refractivity contribution in [3.63, 3.8) is 0 Å². The summed E-state index contributed by atoms with van der Waals surface area (Å²) in [4.78, 5) is 16.1. The molecule has 4 nitrogen and oxygen atoms in total. The van der Waals surface area contributed by atoms with E-state index in [-0.39, 0.29) is 24.4 Å². The number of nitrogens with zero attached hydrogens (tertiary/aromatic N) is 1. The first kappa shape index (κ1) is 15.4. The van der Waals surface area contributed by atoms with Gasteiger partial charge >= 0.3 is 0 Å². The van der Waals surface area contributed by atoms with Crippen molar-refractivity contribution >= 4 is 29.7 Å². The van der Waals surface area contributed by atoms with Gasteiger partial charge in [0.2, 0.25) is 0 Å². The number of thiophene rings is 1. The summed E-state index contributed by atoms with van der Waals surface area (Å²) in [7, 11) is 0. The maximum atomic E-state index is 12.3. The van der Waals surface area contributed by atoms with Gasteiger partial charge in [-0.2, -0.15) is 0 Å². The highest BCUT2D eigenvalue weighted by Crippen LogP contribution is 2.22. The third kappa shape index (κ3) is 3.23. The zero-order valence-electron chi connectivity index (χ0n) is 10.6. The highest BCUT2D eigenvalue weighted by atomic mass is 35.5. The van der Waals surface area contributed by atoms with Crippen molar-refractivity contribution in [2.24, 2.45) is 5.73 Å². The molecule has 1 aromatic heterocycles. The van der Waals surface area contributed by atoms with Gasteiger partial charge in [0.15, 0.2) is 0 Å². The molecule has 0 radical (unpaired) electrons.